The Bertz CT molecular complexity index is 437. The largest absolute Gasteiger partial charge is 0.460 e. The Kier molecular flexibility index (Phi) is 8.08. The van der Waals surface area contributed by atoms with Gasteiger partial charge in [0.05, 0.1) is 6.04 Å². The number of hydrogen-bond acceptors (Lipinski definition) is 5. The molecular weight excluding hydrogens is 270 g/mol. The summed E-state index contributed by atoms with van der Waals surface area (Å²) in [6, 6.07) is 8.73. The van der Waals surface area contributed by atoms with Gasteiger partial charge in [-0.3, -0.25) is 9.59 Å². The summed E-state index contributed by atoms with van der Waals surface area (Å²) in [5, 5.41) is 2.48. The van der Waals surface area contributed by atoms with Crippen LogP contribution in [0.25, 0.3) is 0 Å². The fourth-order valence-corrected chi connectivity index (χ4v) is 1.72. The van der Waals surface area contributed by atoms with E-state index in [9.17, 15) is 9.59 Å². The van der Waals surface area contributed by atoms with Gasteiger partial charge >= 0.3 is 5.97 Å². The predicted octanol–water partition coefficient (Wildman–Crippen LogP) is 0.302. The van der Waals surface area contributed by atoms with Gasteiger partial charge in [-0.25, -0.2) is 0 Å². The zero-order chi connectivity index (χ0) is 15.5. The van der Waals surface area contributed by atoms with Crippen LogP contribution in [-0.4, -0.2) is 31.0 Å². The molecule has 0 heterocycles. The summed E-state index contributed by atoms with van der Waals surface area (Å²) in [6.45, 7) is 0.606. The van der Waals surface area contributed by atoms with Gasteiger partial charge < -0.3 is 21.5 Å². The monoisotopic (exact) mass is 293 g/mol. The summed E-state index contributed by atoms with van der Waals surface area (Å²) in [5.74, 6) is -0.829. The summed E-state index contributed by atoms with van der Waals surface area (Å²) in [7, 11) is 0. The van der Waals surface area contributed by atoms with Crippen molar-refractivity contribution in [1.29, 1.82) is 0 Å². The third kappa shape index (κ3) is 7.43. The van der Waals surface area contributed by atoms with E-state index in [0.717, 1.165) is 18.4 Å². The molecule has 0 saturated heterocycles. The van der Waals surface area contributed by atoms with Gasteiger partial charge in [0, 0.05) is 0 Å². The average Bonchev–Trinajstić information content (AvgIpc) is 2.51. The Morgan fingerprint density at radius 2 is 1.90 bits per heavy atom. The van der Waals surface area contributed by atoms with Crippen molar-refractivity contribution < 1.29 is 14.3 Å². The van der Waals surface area contributed by atoms with Gasteiger partial charge in [0.15, 0.2) is 0 Å². The van der Waals surface area contributed by atoms with Gasteiger partial charge in [-0.05, 0) is 24.9 Å². The molecule has 0 saturated carbocycles. The SMILES string of the molecule is NCCCCC(N)C(=O)NCC(=O)OCc1ccccc1. The average molecular weight is 293 g/mol. The molecule has 0 spiro atoms. The quantitative estimate of drug-likeness (QED) is 0.448. The molecule has 0 aliphatic rings. The number of nitrogens with two attached hydrogens (primary N) is 2. The van der Waals surface area contributed by atoms with Crippen LogP contribution in [0.4, 0.5) is 0 Å². The number of benzene rings is 1. The molecule has 1 unspecified atom stereocenters. The molecule has 5 N–H and O–H groups in total. The molecule has 1 aromatic rings. The van der Waals surface area contributed by atoms with Crippen molar-refractivity contribution in [1.82, 2.24) is 5.32 Å². The van der Waals surface area contributed by atoms with Gasteiger partial charge in [-0.1, -0.05) is 36.8 Å². The lowest BCUT2D eigenvalue weighted by Crippen LogP contribution is -2.42. The van der Waals surface area contributed by atoms with Crippen LogP contribution < -0.4 is 16.8 Å². The molecule has 1 rings (SSSR count). The minimum absolute atomic E-state index is 0.170. The first-order chi connectivity index (χ1) is 10.1. The van der Waals surface area contributed by atoms with E-state index in [-0.39, 0.29) is 19.1 Å². The summed E-state index contributed by atoms with van der Waals surface area (Å²) in [4.78, 5) is 23.2. The van der Waals surface area contributed by atoms with Crippen LogP contribution in [0.5, 0.6) is 0 Å². The molecule has 0 fully saturated rings. The summed E-state index contributed by atoms with van der Waals surface area (Å²) >= 11 is 0. The minimum Gasteiger partial charge on any atom is -0.460 e. The first-order valence-corrected chi connectivity index (χ1v) is 7.06. The Labute approximate surface area is 124 Å². The molecule has 116 valence electrons. The standard InChI is InChI=1S/C15H23N3O3/c16-9-5-4-8-13(17)15(20)18-10-14(19)21-11-12-6-2-1-3-7-12/h1-3,6-7,13H,4-5,8-11,16-17H2,(H,18,20). The van der Waals surface area contributed by atoms with Crippen molar-refractivity contribution in [3.8, 4) is 0 Å². The molecule has 0 aromatic heterocycles. The highest BCUT2D eigenvalue weighted by molar-refractivity contribution is 5.85. The van der Waals surface area contributed by atoms with Crippen LogP contribution in [0.1, 0.15) is 24.8 Å². The van der Waals surface area contributed by atoms with Crippen LogP contribution in [0.15, 0.2) is 30.3 Å². The number of nitrogens with one attached hydrogen (secondary N) is 1. The molecule has 0 bridgehead atoms. The highest BCUT2D eigenvalue weighted by atomic mass is 16.5. The van der Waals surface area contributed by atoms with Crippen LogP contribution in [0.3, 0.4) is 0 Å². The fourth-order valence-electron chi connectivity index (χ4n) is 1.72. The summed E-state index contributed by atoms with van der Waals surface area (Å²) < 4.78 is 5.05. The van der Waals surface area contributed by atoms with Crippen molar-refractivity contribution in [2.24, 2.45) is 11.5 Å². The molecule has 1 aromatic carbocycles. The number of carbonyl (C=O) groups excluding carboxylic acids is 2. The number of amides is 1. The highest BCUT2D eigenvalue weighted by Crippen LogP contribution is 2.01. The molecule has 1 amide bonds. The van der Waals surface area contributed by atoms with Crippen molar-refractivity contribution >= 4 is 11.9 Å². The number of hydrogen-bond donors (Lipinski definition) is 3. The number of unbranched alkanes of at least 4 members (excludes halogenated alkanes) is 1. The molecular formula is C15H23N3O3. The Balaban J connectivity index is 2.18. The molecule has 0 aliphatic heterocycles. The fraction of sp³-hybridized carbons (Fsp3) is 0.467. The van der Waals surface area contributed by atoms with E-state index < -0.39 is 12.0 Å². The second-order valence-corrected chi connectivity index (χ2v) is 4.76. The van der Waals surface area contributed by atoms with Gasteiger partial charge in [0.1, 0.15) is 13.2 Å². The minimum atomic E-state index is -0.613. The van der Waals surface area contributed by atoms with Crippen molar-refractivity contribution in [2.75, 3.05) is 13.1 Å². The smallest absolute Gasteiger partial charge is 0.325 e. The van der Waals surface area contributed by atoms with Gasteiger partial charge in [0.25, 0.3) is 0 Å². The third-order valence-electron chi connectivity index (χ3n) is 2.96. The maximum absolute atomic E-state index is 11.6. The molecule has 1 atom stereocenters. The second kappa shape index (κ2) is 9.90. The van der Waals surface area contributed by atoms with Gasteiger partial charge in [-0.15, -0.1) is 0 Å². The number of carbonyl (C=O) groups is 2. The Morgan fingerprint density at radius 3 is 2.57 bits per heavy atom. The van der Waals surface area contributed by atoms with Crippen molar-refractivity contribution in [2.45, 2.75) is 31.9 Å². The molecule has 0 radical (unpaired) electrons. The van der Waals surface area contributed by atoms with E-state index in [4.69, 9.17) is 16.2 Å². The molecule has 21 heavy (non-hydrogen) atoms. The van der Waals surface area contributed by atoms with E-state index in [1.807, 2.05) is 30.3 Å². The summed E-state index contributed by atoms with van der Waals surface area (Å²) in [5.41, 5.74) is 12.0. The van der Waals surface area contributed by atoms with Crippen molar-refractivity contribution in [3.63, 3.8) is 0 Å². The second-order valence-electron chi connectivity index (χ2n) is 4.76. The van der Waals surface area contributed by atoms with Crippen molar-refractivity contribution in [3.05, 3.63) is 35.9 Å². The van der Waals surface area contributed by atoms with Crippen LogP contribution in [-0.2, 0) is 20.9 Å². The van der Waals surface area contributed by atoms with E-state index in [2.05, 4.69) is 5.32 Å². The zero-order valence-corrected chi connectivity index (χ0v) is 12.1. The first kappa shape index (κ1) is 17.1. The van der Waals surface area contributed by atoms with E-state index in [1.165, 1.54) is 0 Å². The van der Waals surface area contributed by atoms with E-state index >= 15 is 0 Å². The Hall–Kier alpha value is -1.92. The van der Waals surface area contributed by atoms with Gasteiger partial charge in [0.2, 0.25) is 5.91 Å². The third-order valence-corrected chi connectivity index (χ3v) is 2.96. The lowest BCUT2D eigenvalue weighted by atomic mass is 10.1. The number of esters is 1. The maximum Gasteiger partial charge on any atom is 0.325 e. The van der Waals surface area contributed by atoms with Crippen LogP contribution in [0.2, 0.25) is 0 Å². The molecule has 6 heteroatoms. The lowest BCUT2D eigenvalue weighted by molar-refractivity contribution is -0.145. The van der Waals surface area contributed by atoms with Crippen LogP contribution in [0, 0.1) is 0 Å². The van der Waals surface area contributed by atoms with E-state index in [1.54, 1.807) is 0 Å². The molecule has 6 nitrogen and oxygen atoms in total. The normalized spacial score (nSPS) is 11.7. The molecule has 0 aliphatic carbocycles. The Morgan fingerprint density at radius 1 is 1.19 bits per heavy atom. The maximum atomic E-state index is 11.6. The first-order valence-electron chi connectivity index (χ1n) is 7.06. The zero-order valence-electron chi connectivity index (χ0n) is 12.1. The predicted molar refractivity (Wildman–Crippen MR) is 80.1 cm³/mol. The van der Waals surface area contributed by atoms with Gasteiger partial charge in [-0.2, -0.15) is 0 Å². The van der Waals surface area contributed by atoms with E-state index in [0.29, 0.717) is 13.0 Å². The number of rotatable bonds is 9. The lowest BCUT2D eigenvalue weighted by Gasteiger charge is -2.11. The highest BCUT2D eigenvalue weighted by Gasteiger charge is 2.14. The summed E-state index contributed by atoms with van der Waals surface area (Å²) in [6.07, 6.45) is 2.19. The van der Waals surface area contributed by atoms with Crippen LogP contribution >= 0.6 is 0 Å². The number of ether oxygens (including phenoxy) is 1. The topological polar surface area (TPSA) is 107 Å².